The number of ether oxygens (including phenoxy) is 1. The van der Waals surface area contributed by atoms with Gasteiger partial charge in [0.1, 0.15) is 5.82 Å². The van der Waals surface area contributed by atoms with E-state index in [1.807, 2.05) is 6.07 Å². The van der Waals surface area contributed by atoms with Gasteiger partial charge in [0, 0.05) is 33.0 Å². The maximum atomic E-state index is 11.9. The third kappa shape index (κ3) is 6.52. The van der Waals surface area contributed by atoms with E-state index in [1.165, 1.54) is 0 Å². The minimum atomic E-state index is -0.0636. The van der Waals surface area contributed by atoms with Gasteiger partial charge < -0.3 is 15.4 Å². The molecule has 0 atom stereocenters. The lowest BCUT2D eigenvalue weighted by Gasteiger charge is -2.07. The fraction of sp³-hybridized carbons (Fsp3) is 0.600. The van der Waals surface area contributed by atoms with Crippen LogP contribution < -0.4 is 10.6 Å². The number of amides is 1. The molecule has 0 aliphatic carbocycles. The third-order valence-corrected chi connectivity index (χ3v) is 2.89. The zero-order valence-corrected chi connectivity index (χ0v) is 12.4. The maximum Gasteiger partial charge on any atom is 0.252 e. The molecule has 0 saturated heterocycles. The molecule has 0 bridgehead atoms. The smallest absolute Gasteiger partial charge is 0.252 e. The topological polar surface area (TPSA) is 63.2 Å². The van der Waals surface area contributed by atoms with Gasteiger partial charge in [-0.25, -0.2) is 4.98 Å². The third-order valence-electron chi connectivity index (χ3n) is 2.89. The van der Waals surface area contributed by atoms with Crippen LogP contribution >= 0.6 is 0 Å². The summed E-state index contributed by atoms with van der Waals surface area (Å²) < 4.78 is 4.98. The Morgan fingerprint density at radius 3 is 2.75 bits per heavy atom. The van der Waals surface area contributed by atoms with E-state index in [4.69, 9.17) is 4.74 Å². The second-order valence-electron chi connectivity index (χ2n) is 4.67. The number of carbonyl (C=O) groups excluding carboxylic acids is 1. The highest BCUT2D eigenvalue weighted by Gasteiger charge is 2.05. The summed E-state index contributed by atoms with van der Waals surface area (Å²) in [7, 11) is 1.70. The minimum absolute atomic E-state index is 0.0636. The molecule has 20 heavy (non-hydrogen) atoms. The highest BCUT2D eigenvalue weighted by molar-refractivity contribution is 5.93. The fourth-order valence-electron chi connectivity index (χ4n) is 1.74. The van der Waals surface area contributed by atoms with Crippen molar-refractivity contribution in [2.24, 2.45) is 0 Å². The van der Waals surface area contributed by atoms with E-state index in [0.29, 0.717) is 12.1 Å². The van der Waals surface area contributed by atoms with Crippen LogP contribution in [0.4, 0.5) is 5.82 Å². The van der Waals surface area contributed by atoms with Crippen molar-refractivity contribution in [2.75, 3.05) is 32.1 Å². The number of rotatable bonds is 10. The summed E-state index contributed by atoms with van der Waals surface area (Å²) in [5.74, 6) is 0.745. The molecule has 2 N–H and O–H groups in total. The Morgan fingerprint density at radius 1 is 1.25 bits per heavy atom. The molecule has 0 radical (unpaired) electrons. The summed E-state index contributed by atoms with van der Waals surface area (Å²) in [5, 5.41) is 6.08. The van der Waals surface area contributed by atoms with Gasteiger partial charge in [-0.15, -0.1) is 0 Å². The van der Waals surface area contributed by atoms with Gasteiger partial charge in [0.15, 0.2) is 0 Å². The van der Waals surface area contributed by atoms with E-state index >= 15 is 0 Å². The number of hydrogen-bond donors (Lipinski definition) is 2. The van der Waals surface area contributed by atoms with Crippen LogP contribution in [0.3, 0.4) is 0 Å². The summed E-state index contributed by atoms with van der Waals surface area (Å²) in [6.45, 7) is 4.46. The van der Waals surface area contributed by atoms with Crippen molar-refractivity contribution in [2.45, 2.75) is 32.6 Å². The molecule has 0 aliphatic heterocycles. The van der Waals surface area contributed by atoms with Gasteiger partial charge in [0.25, 0.3) is 5.91 Å². The van der Waals surface area contributed by atoms with Crippen LogP contribution in [0.1, 0.15) is 43.0 Å². The molecule has 0 fully saturated rings. The molecule has 0 spiro atoms. The van der Waals surface area contributed by atoms with E-state index in [1.54, 1.807) is 19.4 Å². The largest absolute Gasteiger partial charge is 0.385 e. The zero-order valence-electron chi connectivity index (χ0n) is 12.4. The van der Waals surface area contributed by atoms with Crippen molar-refractivity contribution < 1.29 is 9.53 Å². The van der Waals surface area contributed by atoms with Crippen LogP contribution in [0, 0.1) is 0 Å². The number of hydrogen-bond acceptors (Lipinski definition) is 4. The summed E-state index contributed by atoms with van der Waals surface area (Å²) in [6.07, 6.45) is 5.72. The predicted octanol–water partition coefficient (Wildman–Crippen LogP) is 2.45. The summed E-state index contributed by atoms with van der Waals surface area (Å²) in [5.41, 5.74) is 0.601. The standard InChI is InChI=1S/C15H25N3O2/c1-3-9-16-14-8-7-13(12-18-14)15(19)17-10-5-4-6-11-20-2/h7-8,12H,3-6,9-11H2,1-2H3,(H,16,18)(H,17,19). The fourth-order valence-corrected chi connectivity index (χ4v) is 1.74. The van der Waals surface area contributed by atoms with Gasteiger partial charge in [0.2, 0.25) is 0 Å². The molecule has 1 amide bonds. The maximum absolute atomic E-state index is 11.9. The van der Waals surface area contributed by atoms with Crippen molar-refractivity contribution in [3.05, 3.63) is 23.9 Å². The Labute approximate surface area is 121 Å². The van der Waals surface area contributed by atoms with Gasteiger partial charge in [-0.3, -0.25) is 4.79 Å². The average Bonchev–Trinajstić information content (AvgIpc) is 2.49. The van der Waals surface area contributed by atoms with E-state index in [2.05, 4.69) is 22.5 Å². The molecule has 5 heteroatoms. The summed E-state index contributed by atoms with van der Waals surface area (Å²) >= 11 is 0. The van der Waals surface area contributed by atoms with E-state index in [9.17, 15) is 4.79 Å². The van der Waals surface area contributed by atoms with E-state index in [-0.39, 0.29) is 5.91 Å². The number of methoxy groups -OCH3 is 1. The number of anilines is 1. The number of nitrogens with one attached hydrogen (secondary N) is 2. The molecular formula is C15H25N3O2. The first-order chi connectivity index (χ1) is 9.77. The SMILES string of the molecule is CCCNc1ccc(C(=O)NCCCCCOC)cn1. The van der Waals surface area contributed by atoms with Crippen LogP contribution in [0.5, 0.6) is 0 Å². The zero-order chi connectivity index (χ0) is 14.6. The predicted molar refractivity (Wildman–Crippen MR) is 81.1 cm³/mol. The quantitative estimate of drug-likeness (QED) is 0.646. The molecule has 0 aliphatic rings. The monoisotopic (exact) mass is 279 g/mol. The highest BCUT2D eigenvalue weighted by Crippen LogP contribution is 2.05. The lowest BCUT2D eigenvalue weighted by Crippen LogP contribution is -2.24. The Bertz CT molecular complexity index is 379. The summed E-state index contributed by atoms with van der Waals surface area (Å²) in [4.78, 5) is 16.1. The summed E-state index contributed by atoms with van der Waals surface area (Å²) in [6, 6.07) is 3.63. The first-order valence-corrected chi connectivity index (χ1v) is 7.25. The molecule has 112 valence electrons. The van der Waals surface area contributed by atoms with Crippen molar-refractivity contribution in [3.8, 4) is 0 Å². The average molecular weight is 279 g/mol. The Kier molecular flexibility index (Phi) is 8.38. The normalized spacial score (nSPS) is 10.3. The van der Waals surface area contributed by atoms with Gasteiger partial charge in [-0.2, -0.15) is 0 Å². The number of carbonyl (C=O) groups is 1. The van der Waals surface area contributed by atoms with E-state index in [0.717, 1.165) is 44.7 Å². The Morgan fingerprint density at radius 2 is 2.10 bits per heavy atom. The Hall–Kier alpha value is -1.62. The first kappa shape index (κ1) is 16.4. The van der Waals surface area contributed by atoms with Crippen LogP contribution in [0.2, 0.25) is 0 Å². The highest BCUT2D eigenvalue weighted by atomic mass is 16.5. The molecule has 0 saturated carbocycles. The van der Waals surface area contributed by atoms with Crippen molar-refractivity contribution >= 4 is 11.7 Å². The lowest BCUT2D eigenvalue weighted by molar-refractivity contribution is 0.0952. The Balaban J connectivity index is 2.25. The lowest BCUT2D eigenvalue weighted by atomic mass is 10.2. The van der Waals surface area contributed by atoms with Gasteiger partial charge >= 0.3 is 0 Å². The molecule has 1 heterocycles. The molecule has 0 aromatic carbocycles. The van der Waals surface area contributed by atoms with Crippen LogP contribution in [-0.4, -0.2) is 37.7 Å². The van der Waals surface area contributed by atoms with Crippen molar-refractivity contribution in [1.82, 2.24) is 10.3 Å². The van der Waals surface area contributed by atoms with Gasteiger partial charge in [-0.05, 0) is 37.8 Å². The molecule has 1 rings (SSSR count). The molecule has 1 aromatic rings. The first-order valence-electron chi connectivity index (χ1n) is 7.25. The van der Waals surface area contributed by atoms with Crippen LogP contribution in [0.25, 0.3) is 0 Å². The van der Waals surface area contributed by atoms with Gasteiger partial charge in [0.05, 0.1) is 5.56 Å². The van der Waals surface area contributed by atoms with Crippen LogP contribution in [-0.2, 0) is 4.74 Å². The minimum Gasteiger partial charge on any atom is -0.385 e. The van der Waals surface area contributed by atoms with Crippen molar-refractivity contribution in [1.29, 1.82) is 0 Å². The second-order valence-corrected chi connectivity index (χ2v) is 4.67. The van der Waals surface area contributed by atoms with Gasteiger partial charge in [-0.1, -0.05) is 6.92 Å². The molecular weight excluding hydrogens is 254 g/mol. The molecule has 0 unspecified atom stereocenters. The molecule has 5 nitrogen and oxygen atoms in total. The van der Waals surface area contributed by atoms with Crippen LogP contribution in [0.15, 0.2) is 18.3 Å². The van der Waals surface area contributed by atoms with E-state index < -0.39 is 0 Å². The number of aromatic nitrogens is 1. The van der Waals surface area contributed by atoms with Crippen molar-refractivity contribution in [3.63, 3.8) is 0 Å². The number of nitrogens with zero attached hydrogens (tertiary/aromatic N) is 1. The molecule has 1 aromatic heterocycles. The number of pyridine rings is 1. The number of unbranched alkanes of at least 4 members (excludes halogenated alkanes) is 2. The second kappa shape index (κ2) is 10.2.